The van der Waals surface area contributed by atoms with Crippen LogP contribution in [0.3, 0.4) is 0 Å². The minimum absolute atomic E-state index is 0.255. The van der Waals surface area contributed by atoms with Crippen LogP contribution in [0.4, 0.5) is 11.8 Å². The SMILES string of the molecule is N#CC1C(=O)Nc2nc(N3CCCC3)[nH]c(=O)c2C1c1cccc2ccccc12. The number of nitriles is 1. The Hall–Kier alpha value is -3.66. The number of aromatic amines is 1. The van der Waals surface area contributed by atoms with E-state index in [1.807, 2.05) is 47.4 Å². The Morgan fingerprint density at radius 3 is 2.62 bits per heavy atom. The van der Waals surface area contributed by atoms with E-state index in [-0.39, 0.29) is 11.4 Å². The second kappa shape index (κ2) is 6.74. The first-order valence-corrected chi connectivity index (χ1v) is 9.74. The zero-order chi connectivity index (χ0) is 20.0. The molecule has 3 aromatic rings. The molecule has 2 aliphatic rings. The highest BCUT2D eigenvalue weighted by Crippen LogP contribution is 2.40. The predicted octanol–water partition coefficient (Wildman–Crippen LogP) is 2.75. The number of H-pyrrole nitrogens is 1. The van der Waals surface area contributed by atoms with Crippen molar-refractivity contribution in [2.75, 3.05) is 23.3 Å². The average Bonchev–Trinajstić information content (AvgIpc) is 3.27. The quantitative estimate of drug-likeness (QED) is 0.706. The third kappa shape index (κ3) is 2.76. The molecule has 2 atom stereocenters. The highest BCUT2D eigenvalue weighted by atomic mass is 16.2. The fraction of sp³-hybridized carbons (Fsp3) is 0.273. The molecule has 0 radical (unpaired) electrons. The summed E-state index contributed by atoms with van der Waals surface area (Å²) < 4.78 is 0. The number of hydrogen-bond acceptors (Lipinski definition) is 5. The van der Waals surface area contributed by atoms with Gasteiger partial charge in [0.05, 0.1) is 11.6 Å². The maximum atomic E-state index is 13.1. The van der Waals surface area contributed by atoms with E-state index in [9.17, 15) is 14.9 Å². The number of fused-ring (bicyclic) bond motifs is 2. The molecule has 2 N–H and O–H groups in total. The van der Waals surface area contributed by atoms with Crippen molar-refractivity contribution in [2.45, 2.75) is 18.8 Å². The number of benzene rings is 2. The first kappa shape index (κ1) is 17.4. The van der Waals surface area contributed by atoms with Crippen LogP contribution in [0, 0.1) is 17.2 Å². The number of nitrogens with one attached hydrogen (secondary N) is 2. The molecule has 7 nitrogen and oxygen atoms in total. The zero-order valence-corrected chi connectivity index (χ0v) is 15.7. The Balaban J connectivity index is 1.74. The molecular formula is C22H19N5O2. The Morgan fingerprint density at radius 2 is 1.83 bits per heavy atom. The molecule has 7 heteroatoms. The molecule has 2 aliphatic heterocycles. The summed E-state index contributed by atoms with van der Waals surface area (Å²) in [6, 6.07) is 15.6. The van der Waals surface area contributed by atoms with Crippen molar-refractivity contribution in [3.63, 3.8) is 0 Å². The summed E-state index contributed by atoms with van der Waals surface area (Å²) in [6.07, 6.45) is 2.09. The fourth-order valence-corrected chi connectivity index (χ4v) is 4.44. The minimum Gasteiger partial charge on any atom is -0.342 e. The van der Waals surface area contributed by atoms with E-state index in [2.05, 4.69) is 21.4 Å². The summed E-state index contributed by atoms with van der Waals surface area (Å²) in [6.45, 7) is 1.65. The first-order chi connectivity index (χ1) is 14.2. The molecule has 1 amide bonds. The van der Waals surface area contributed by atoms with Crippen LogP contribution in [0.1, 0.15) is 29.9 Å². The summed E-state index contributed by atoms with van der Waals surface area (Å²) in [4.78, 5) is 35.4. The van der Waals surface area contributed by atoms with Crippen LogP contribution in [-0.2, 0) is 4.79 Å². The number of aromatic nitrogens is 2. The monoisotopic (exact) mass is 385 g/mol. The molecule has 144 valence electrons. The van der Waals surface area contributed by atoms with E-state index in [0.29, 0.717) is 11.5 Å². The first-order valence-electron chi connectivity index (χ1n) is 9.74. The van der Waals surface area contributed by atoms with Crippen molar-refractivity contribution in [2.24, 2.45) is 5.92 Å². The van der Waals surface area contributed by atoms with E-state index in [4.69, 9.17) is 0 Å². The number of carbonyl (C=O) groups is 1. The average molecular weight is 385 g/mol. The highest BCUT2D eigenvalue weighted by molar-refractivity contribution is 5.99. The third-order valence-electron chi connectivity index (χ3n) is 5.81. The molecule has 5 rings (SSSR count). The summed E-state index contributed by atoms with van der Waals surface area (Å²) in [5, 5.41) is 14.4. The molecule has 29 heavy (non-hydrogen) atoms. The van der Waals surface area contributed by atoms with Crippen molar-refractivity contribution < 1.29 is 4.79 Å². The lowest BCUT2D eigenvalue weighted by Crippen LogP contribution is -2.39. The summed E-state index contributed by atoms with van der Waals surface area (Å²) in [5.41, 5.74) is 0.817. The van der Waals surface area contributed by atoms with Crippen LogP contribution >= 0.6 is 0 Å². The molecule has 2 aromatic carbocycles. The predicted molar refractivity (Wildman–Crippen MR) is 110 cm³/mol. The largest absolute Gasteiger partial charge is 0.342 e. The highest BCUT2D eigenvalue weighted by Gasteiger charge is 2.41. The summed E-state index contributed by atoms with van der Waals surface area (Å²) in [7, 11) is 0. The van der Waals surface area contributed by atoms with Crippen LogP contribution in [0.5, 0.6) is 0 Å². The van der Waals surface area contributed by atoms with Crippen molar-refractivity contribution >= 4 is 28.4 Å². The van der Waals surface area contributed by atoms with E-state index in [1.165, 1.54) is 0 Å². The van der Waals surface area contributed by atoms with Gasteiger partial charge in [0, 0.05) is 19.0 Å². The van der Waals surface area contributed by atoms with Gasteiger partial charge in [-0.1, -0.05) is 42.5 Å². The molecular weight excluding hydrogens is 366 g/mol. The lowest BCUT2D eigenvalue weighted by Gasteiger charge is -2.30. The van der Waals surface area contributed by atoms with E-state index < -0.39 is 17.7 Å². The summed E-state index contributed by atoms with van der Waals surface area (Å²) >= 11 is 0. The number of carbonyl (C=O) groups excluding carboxylic acids is 1. The number of anilines is 2. The van der Waals surface area contributed by atoms with E-state index in [1.54, 1.807) is 0 Å². The van der Waals surface area contributed by atoms with Gasteiger partial charge in [0.15, 0.2) is 0 Å². The van der Waals surface area contributed by atoms with Gasteiger partial charge in [-0.3, -0.25) is 14.6 Å². The molecule has 0 bridgehead atoms. The molecule has 1 aromatic heterocycles. The Bertz CT molecular complexity index is 1210. The van der Waals surface area contributed by atoms with Gasteiger partial charge in [-0.25, -0.2) is 0 Å². The zero-order valence-electron chi connectivity index (χ0n) is 15.7. The number of nitrogens with zero attached hydrogens (tertiary/aromatic N) is 3. The molecule has 2 unspecified atom stereocenters. The van der Waals surface area contributed by atoms with Crippen LogP contribution in [0.15, 0.2) is 47.3 Å². The standard InChI is InChI=1S/C22H19N5O2/c23-12-16-17(15-9-5-7-13-6-1-2-8-14(13)15)18-19(24-20(16)28)25-22(26-21(18)29)27-10-3-4-11-27/h1-2,5-9,16-17H,3-4,10-11H2,(H2,24,25,26,28,29). The van der Waals surface area contributed by atoms with E-state index in [0.717, 1.165) is 42.3 Å². The van der Waals surface area contributed by atoms with Gasteiger partial charge in [-0.2, -0.15) is 10.2 Å². The van der Waals surface area contributed by atoms with Crippen molar-refractivity contribution in [1.29, 1.82) is 5.26 Å². The lowest BCUT2D eigenvalue weighted by atomic mass is 9.77. The van der Waals surface area contributed by atoms with E-state index >= 15 is 0 Å². The van der Waals surface area contributed by atoms with Crippen molar-refractivity contribution in [3.8, 4) is 6.07 Å². The Morgan fingerprint density at radius 1 is 1.07 bits per heavy atom. The van der Waals surface area contributed by atoms with Gasteiger partial charge in [-0.05, 0) is 29.2 Å². The molecule has 0 spiro atoms. The summed E-state index contributed by atoms with van der Waals surface area (Å²) in [5.74, 6) is -1.39. The van der Waals surface area contributed by atoms with Crippen molar-refractivity contribution in [3.05, 3.63) is 63.9 Å². The second-order valence-corrected chi connectivity index (χ2v) is 7.49. The minimum atomic E-state index is -1.01. The number of amides is 1. The topological polar surface area (TPSA) is 102 Å². The molecule has 0 aliphatic carbocycles. The molecule has 1 saturated heterocycles. The normalized spacial score (nSPS) is 20.9. The number of hydrogen-bond donors (Lipinski definition) is 2. The van der Waals surface area contributed by atoms with Crippen LogP contribution in [-0.4, -0.2) is 29.0 Å². The lowest BCUT2D eigenvalue weighted by molar-refractivity contribution is -0.119. The van der Waals surface area contributed by atoms with Gasteiger partial charge in [0.1, 0.15) is 11.7 Å². The van der Waals surface area contributed by atoms with Gasteiger partial charge in [-0.15, -0.1) is 0 Å². The molecule has 1 fully saturated rings. The maximum absolute atomic E-state index is 13.1. The second-order valence-electron chi connectivity index (χ2n) is 7.49. The molecule has 3 heterocycles. The Labute approximate surface area is 167 Å². The Kier molecular flexibility index (Phi) is 4.06. The van der Waals surface area contributed by atoms with Crippen LogP contribution in [0.25, 0.3) is 10.8 Å². The van der Waals surface area contributed by atoms with Gasteiger partial charge in [0.25, 0.3) is 5.56 Å². The van der Waals surface area contributed by atoms with Gasteiger partial charge >= 0.3 is 0 Å². The van der Waals surface area contributed by atoms with Gasteiger partial charge in [0.2, 0.25) is 11.9 Å². The number of rotatable bonds is 2. The molecule has 0 saturated carbocycles. The smallest absolute Gasteiger partial charge is 0.258 e. The van der Waals surface area contributed by atoms with Crippen molar-refractivity contribution in [1.82, 2.24) is 9.97 Å². The third-order valence-corrected chi connectivity index (χ3v) is 5.81. The van der Waals surface area contributed by atoms with Gasteiger partial charge < -0.3 is 10.2 Å². The van der Waals surface area contributed by atoms with Crippen LogP contribution in [0.2, 0.25) is 0 Å². The fourth-order valence-electron chi connectivity index (χ4n) is 4.44. The maximum Gasteiger partial charge on any atom is 0.258 e. The van der Waals surface area contributed by atoms with Crippen LogP contribution < -0.4 is 15.8 Å².